The molecule has 1 aliphatic rings. The summed E-state index contributed by atoms with van der Waals surface area (Å²) >= 11 is 1.56. The molecule has 1 aromatic carbocycles. The Hall–Kier alpha value is -1.36. The van der Waals surface area contributed by atoms with E-state index in [1.165, 1.54) is 0 Å². The highest BCUT2D eigenvalue weighted by Crippen LogP contribution is 2.42. The maximum atomic E-state index is 10.9. The van der Waals surface area contributed by atoms with Gasteiger partial charge in [0.05, 0.1) is 10.8 Å². The summed E-state index contributed by atoms with van der Waals surface area (Å²) in [4.78, 5) is 11.9. The maximum absolute atomic E-state index is 10.9. The molecule has 0 bridgehead atoms. The van der Waals surface area contributed by atoms with Crippen LogP contribution in [0.5, 0.6) is 11.5 Å². The molecule has 1 aliphatic heterocycles. The Kier molecular flexibility index (Phi) is 3.47. The van der Waals surface area contributed by atoms with Crippen LogP contribution < -0.4 is 9.47 Å². The molecule has 17 heavy (non-hydrogen) atoms. The van der Waals surface area contributed by atoms with Gasteiger partial charge in [-0.3, -0.25) is 4.79 Å². The average molecular weight is 254 g/mol. The summed E-state index contributed by atoms with van der Waals surface area (Å²) in [6, 6.07) is 3.75. The first-order chi connectivity index (χ1) is 8.13. The maximum Gasteiger partial charge on any atom is 0.306 e. The molecule has 1 unspecified atom stereocenters. The number of aliphatic carboxylic acids is 1. The lowest BCUT2D eigenvalue weighted by molar-refractivity contribution is -0.141. The fourth-order valence-corrected chi connectivity index (χ4v) is 2.55. The van der Waals surface area contributed by atoms with Crippen molar-refractivity contribution in [2.45, 2.75) is 18.2 Å². The van der Waals surface area contributed by atoms with Gasteiger partial charge < -0.3 is 14.6 Å². The van der Waals surface area contributed by atoms with Crippen LogP contribution in [0.25, 0.3) is 0 Å². The lowest BCUT2D eigenvalue weighted by Gasteiger charge is -2.12. The first-order valence-electron chi connectivity index (χ1n) is 5.31. The number of thioether (sulfide) groups is 1. The molecule has 0 spiro atoms. The lowest BCUT2D eigenvalue weighted by Crippen LogP contribution is -2.12. The van der Waals surface area contributed by atoms with Gasteiger partial charge in [-0.1, -0.05) is 13.0 Å². The van der Waals surface area contributed by atoms with Crippen molar-refractivity contribution in [3.05, 3.63) is 17.7 Å². The van der Waals surface area contributed by atoms with Gasteiger partial charge in [0, 0.05) is 0 Å². The first kappa shape index (κ1) is 12.1. The highest BCUT2D eigenvalue weighted by molar-refractivity contribution is 7.98. The highest BCUT2D eigenvalue weighted by Gasteiger charge is 2.22. The largest absolute Gasteiger partial charge is 0.481 e. The number of carboxylic acid groups (broad SMARTS) is 1. The van der Waals surface area contributed by atoms with Crippen LogP contribution >= 0.6 is 11.8 Å². The van der Waals surface area contributed by atoms with Crippen LogP contribution in [0.4, 0.5) is 0 Å². The van der Waals surface area contributed by atoms with E-state index in [1.54, 1.807) is 18.7 Å². The van der Waals surface area contributed by atoms with Crippen LogP contribution in [0.15, 0.2) is 17.0 Å². The van der Waals surface area contributed by atoms with Crippen LogP contribution in [0, 0.1) is 5.92 Å². The molecule has 92 valence electrons. The second kappa shape index (κ2) is 4.87. The Bertz CT molecular complexity index is 444. The summed E-state index contributed by atoms with van der Waals surface area (Å²) in [5.74, 6) is 0.296. The minimum absolute atomic E-state index is 0.237. The van der Waals surface area contributed by atoms with Crippen LogP contribution in [-0.2, 0) is 11.2 Å². The van der Waals surface area contributed by atoms with Gasteiger partial charge in [-0.05, 0) is 24.3 Å². The molecule has 4 nitrogen and oxygen atoms in total. The molecule has 1 heterocycles. The van der Waals surface area contributed by atoms with Gasteiger partial charge in [0.1, 0.15) is 0 Å². The van der Waals surface area contributed by atoms with Crippen molar-refractivity contribution in [2.75, 3.05) is 13.0 Å². The number of carboxylic acids is 1. The van der Waals surface area contributed by atoms with Gasteiger partial charge in [-0.15, -0.1) is 11.8 Å². The Balaban J connectivity index is 2.31. The minimum atomic E-state index is -0.783. The second-order valence-electron chi connectivity index (χ2n) is 3.94. The Morgan fingerprint density at radius 2 is 2.29 bits per heavy atom. The fourth-order valence-electron chi connectivity index (χ4n) is 1.79. The van der Waals surface area contributed by atoms with E-state index in [9.17, 15) is 4.79 Å². The van der Waals surface area contributed by atoms with Crippen molar-refractivity contribution in [2.24, 2.45) is 5.92 Å². The number of rotatable bonds is 4. The number of hydrogen-bond acceptors (Lipinski definition) is 4. The topological polar surface area (TPSA) is 55.8 Å². The zero-order chi connectivity index (χ0) is 12.4. The van der Waals surface area contributed by atoms with Crippen LogP contribution in [-0.4, -0.2) is 24.1 Å². The Labute approximate surface area is 104 Å². The molecule has 0 aliphatic carbocycles. The number of ether oxygens (including phenoxy) is 2. The minimum Gasteiger partial charge on any atom is -0.481 e. The fraction of sp³-hybridized carbons (Fsp3) is 0.417. The van der Waals surface area contributed by atoms with Crippen LogP contribution in [0.3, 0.4) is 0 Å². The van der Waals surface area contributed by atoms with Crippen molar-refractivity contribution in [3.63, 3.8) is 0 Å². The summed E-state index contributed by atoms with van der Waals surface area (Å²) in [5.41, 5.74) is 0.997. The van der Waals surface area contributed by atoms with E-state index < -0.39 is 11.9 Å². The summed E-state index contributed by atoms with van der Waals surface area (Å²) in [6.45, 7) is 1.94. The van der Waals surface area contributed by atoms with Crippen molar-refractivity contribution in [1.82, 2.24) is 0 Å². The van der Waals surface area contributed by atoms with E-state index in [0.29, 0.717) is 6.42 Å². The van der Waals surface area contributed by atoms with Crippen molar-refractivity contribution in [1.29, 1.82) is 0 Å². The molecule has 1 atom stereocenters. The van der Waals surface area contributed by atoms with E-state index in [4.69, 9.17) is 14.6 Å². The second-order valence-corrected chi connectivity index (χ2v) is 4.75. The van der Waals surface area contributed by atoms with Gasteiger partial charge in [0.15, 0.2) is 11.5 Å². The van der Waals surface area contributed by atoms with E-state index in [0.717, 1.165) is 22.0 Å². The molecule has 2 rings (SSSR count). The van der Waals surface area contributed by atoms with E-state index in [1.807, 2.05) is 18.4 Å². The SMILES string of the molecule is CSc1c(CC(C)C(=O)O)ccc2c1OCO2. The zero-order valence-corrected chi connectivity index (χ0v) is 10.5. The molecular weight excluding hydrogens is 240 g/mol. The molecular formula is C12H14O4S. The Morgan fingerprint density at radius 3 is 2.94 bits per heavy atom. The van der Waals surface area contributed by atoms with Gasteiger partial charge in [-0.25, -0.2) is 0 Å². The molecule has 0 aromatic heterocycles. The van der Waals surface area contributed by atoms with Gasteiger partial charge in [0.25, 0.3) is 0 Å². The molecule has 0 radical (unpaired) electrons. The van der Waals surface area contributed by atoms with E-state index >= 15 is 0 Å². The third kappa shape index (κ3) is 2.34. The zero-order valence-electron chi connectivity index (χ0n) is 9.73. The number of fused-ring (bicyclic) bond motifs is 1. The number of benzene rings is 1. The normalized spacial score (nSPS) is 14.7. The molecule has 0 saturated carbocycles. The van der Waals surface area contributed by atoms with E-state index in [2.05, 4.69) is 0 Å². The molecule has 5 heteroatoms. The molecule has 1 aromatic rings. The van der Waals surface area contributed by atoms with Crippen LogP contribution in [0.2, 0.25) is 0 Å². The van der Waals surface area contributed by atoms with Crippen molar-refractivity contribution >= 4 is 17.7 Å². The average Bonchev–Trinajstić information content (AvgIpc) is 2.76. The molecule has 1 N–H and O–H groups in total. The van der Waals surface area contributed by atoms with Gasteiger partial charge >= 0.3 is 5.97 Å². The Morgan fingerprint density at radius 1 is 1.53 bits per heavy atom. The molecule has 0 saturated heterocycles. The molecule has 0 fully saturated rings. The summed E-state index contributed by atoms with van der Waals surface area (Å²) in [7, 11) is 0. The summed E-state index contributed by atoms with van der Waals surface area (Å²) in [5, 5.41) is 8.94. The lowest BCUT2D eigenvalue weighted by atomic mass is 10.0. The number of hydrogen-bond donors (Lipinski definition) is 1. The highest BCUT2D eigenvalue weighted by atomic mass is 32.2. The predicted molar refractivity (Wildman–Crippen MR) is 64.8 cm³/mol. The quantitative estimate of drug-likeness (QED) is 0.836. The van der Waals surface area contributed by atoms with Gasteiger partial charge in [0.2, 0.25) is 6.79 Å². The third-order valence-electron chi connectivity index (χ3n) is 2.73. The van der Waals surface area contributed by atoms with Crippen molar-refractivity contribution in [3.8, 4) is 11.5 Å². The monoisotopic (exact) mass is 254 g/mol. The summed E-state index contributed by atoms with van der Waals surface area (Å²) in [6.07, 6.45) is 2.45. The third-order valence-corrected chi connectivity index (χ3v) is 3.58. The van der Waals surface area contributed by atoms with Gasteiger partial charge in [-0.2, -0.15) is 0 Å². The molecule has 0 amide bonds. The standard InChI is InChI=1S/C12H14O4S/c1-7(12(13)14)5-8-3-4-9-10(11(8)17-2)16-6-15-9/h3-4,7H,5-6H2,1-2H3,(H,13,14). The van der Waals surface area contributed by atoms with E-state index in [-0.39, 0.29) is 6.79 Å². The first-order valence-corrected chi connectivity index (χ1v) is 6.54. The van der Waals surface area contributed by atoms with Crippen molar-refractivity contribution < 1.29 is 19.4 Å². The smallest absolute Gasteiger partial charge is 0.306 e. The number of carbonyl (C=O) groups is 1. The van der Waals surface area contributed by atoms with Crippen LogP contribution in [0.1, 0.15) is 12.5 Å². The predicted octanol–water partition coefficient (Wildman–Crippen LogP) is 2.40. The summed E-state index contributed by atoms with van der Waals surface area (Å²) < 4.78 is 10.7.